The molecule has 3 rings (SSSR count). The monoisotopic (exact) mass is 246 g/mol. The van der Waals surface area contributed by atoms with Crippen LogP contribution in [0.5, 0.6) is 0 Å². The second-order valence-electron chi connectivity index (χ2n) is 3.56. The first kappa shape index (κ1) is 10.2. The normalized spacial score (nSPS) is 10.9. The molecule has 0 aliphatic heterocycles. The van der Waals surface area contributed by atoms with Crippen LogP contribution in [0.4, 0.5) is 5.82 Å². The summed E-state index contributed by atoms with van der Waals surface area (Å²) >= 11 is 1.58. The van der Waals surface area contributed by atoms with E-state index in [1.165, 1.54) is 6.33 Å². The Morgan fingerprint density at radius 1 is 1.35 bits per heavy atom. The molecule has 0 saturated heterocycles. The van der Waals surface area contributed by atoms with E-state index < -0.39 is 0 Å². The summed E-state index contributed by atoms with van der Waals surface area (Å²) in [6, 6.07) is 0. The van der Waals surface area contributed by atoms with Crippen LogP contribution in [-0.2, 0) is 13.6 Å². The van der Waals surface area contributed by atoms with Gasteiger partial charge < -0.3 is 5.32 Å². The molecule has 3 aromatic rings. The highest BCUT2D eigenvalue weighted by atomic mass is 32.1. The predicted molar refractivity (Wildman–Crippen MR) is 65.7 cm³/mol. The van der Waals surface area contributed by atoms with Crippen LogP contribution in [0.15, 0.2) is 23.4 Å². The summed E-state index contributed by atoms with van der Waals surface area (Å²) in [6.07, 6.45) is 3.30. The topological polar surface area (TPSA) is 68.5 Å². The molecule has 0 aromatic carbocycles. The van der Waals surface area contributed by atoms with E-state index in [4.69, 9.17) is 0 Å². The third-order valence-corrected chi connectivity index (χ3v) is 3.09. The SMILES string of the molecule is Cn1ncc2c(NCc3cscn3)ncnc21. The highest BCUT2D eigenvalue weighted by molar-refractivity contribution is 7.07. The van der Waals surface area contributed by atoms with Crippen LogP contribution >= 0.6 is 11.3 Å². The number of nitrogens with zero attached hydrogens (tertiary/aromatic N) is 5. The molecule has 0 aliphatic rings. The van der Waals surface area contributed by atoms with Crippen LogP contribution in [-0.4, -0.2) is 24.7 Å². The number of hydrogen-bond acceptors (Lipinski definition) is 6. The molecule has 0 fully saturated rings. The molecule has 0 bridgehead atoms. The van der Waals surface area contributed by atoms with Crippen LogP contribution in [0.3, 0.4) is 0 Å². The number of nitrogens with one attached hydrogen (secondary N) is 1. The fourth-order valence-corrected chi connectivity index (χ4v) is 2.16. The molecule has 3 heterocycles. The molecule has 3 aromatic heterocycles. The van der Waals surface area contributed by atoms with Crippen molar-refractivity contribution in [3.05, 3.63) is 29.1 Å². The van der Waals surface area contributed by atoms with Gasteiger partial charge in [0.25, 0.3) is 0 Å². The molecule has 0 aliphatic carbocycles. The van der Waals surface area contributed by atoms with Gasteiger partial charge in [-0.1, -0.05) is 0 Å². The lowest BCUT2D eigenvalue weighted by molar-refractivity contribution is 0.785. The molecule has 7 heteroatoms. The minimum atomic E-state index is 0.657. The number of aromatic nitrogens is 5. The van der Waals surface area contributed by atoms with Crippen molar-refractivity contribution in [3.8, 4) is 0 Å². The standard InChI is InChI=1S/C10H10N6S/c1-16-10-8(3-15-16)9(12-5-13-10)11-2-7-4-17-6-14-7/h3-6H,2H2,1H3,(H,11,12,13). The summed E-state index contributed by atoms with van der Waals surface area (Å²) in [4.78, 5) is 12.6. The van der Waals surface area contributed by atoms with Crippen molar-refractivity contribution in [2.45, 2.75) is 6.54 Å². The van der Waals surface area contributed by atoms with Crippen molar-refractivity contribution >= 4 is 28.2 Å². The van der Waals surface area contributed by atoms with Crippen LogP contribution in [0.25, 0.3) is 11.0 Å². The number of hydrogen-bond donors (Lipinski definition) is 1. The number of aryl methyl sites for hydroxylation is 1. The molecule has 0 atom stereocenters. The molecular formula is C10H10N6S. The van der Waals surface area contributed by atoms with Crippen LogP contribution in [0, 0.1) is 0 Å². The molecule has 17 heavy (non-hydrogen) atoms. The Morgan fingerprint density at radius 2 is 2.29 bits per heavy atom. The molecule has 0 saturated carbocycles. The first-order chi connectivity index (χ1) is 8.34. The first-order valence-corrected chi connectivity index (χ1v) is 6.02. The quantitative estimate of drug-likeness (QED) is 0.757. The predicted octanol–water partition coefficient (Wildman–Crippen LogP) is 1.43. The summed E-state index contributed by atoms with van der Waals surface area (Å²) in [6.45, 7) is 0.657. The Morgan fingerprint density at radius 3 is 3.12 bits per heavy atom. The highest BCUT2D eigenvalue weighted by Crippen LogP contribution is 2.18. The Hall–Kier alpha value is -2.02. The number of thiazole rings is 1. The maximum Gasteiger partial charge on any atom is 0.163 e. The molecule has 0 radical (unpaired) electrons. The van der Waals surface area contributed by atoms with Crippen molar-refractivity contribution in [1.82, 2.24) is 24.7 Å². The zero-order valence-electron chi connectivity index (χ0n) is 9.16. The molecule has 1 N–H and O–H groups in total. The Balaban J connectivity index is 1.90. The summed E-state index contributed by atoms with van der Waals surface area (Å²) in [5.74, 6) is 0.788. The molecule has 6 nitrogen and oxygen atoms in total. The highest BCUT2D eigenvalue weighted by Gasteiger charge is 2.07. The third kappa shape index (κ3) is 1.84. The fraction of sp³-hybridized carbons (Fsp3) is 0.200. The molecule has 0 amide bonds. The van der Waals surface area contributed by atoms with E-state index in [1.807, 2.05) is 17.9 Å². The van der Waals surface area contributed by atoms with Crippen molar-refractivity contribution < 1.29 is 0 Å². The van der Waals surface area contributed by atoms with Gasteiger partial charge in [0.1, 0.15) is 12.1 Å². The summed E-state index contributed by atoms with van der Waals surface area (Å²) in [5.41, 5.74) is 3.64. The number of fused-ring (bicyclic) bond motifs is 1. The third-order valence-electron chi connectivity index (χ3n) is 2.45. The van der Waals surface area contributed by atoms with Crippen molar-refractivity contribution in [3.63, 3.8) is 0 Å². The van der Waals surface area contributed by atoms with Crippen molar-refractivity contribution in [2.75, 3.05) is 5.32 Å². The summed E-state index contributed by atoms with van der Waals surface area (Å²) < 4.78 is 1.73. The molecule has 0 unspecified atom stereocenters. The smallest absolute Gasteiger partial charge is 0.163 e. The van der Waals surface area contributed by atoms with Gasteiger partial charge in [0.05, 0.1) is 29.3 Å². The summed E-state index contributed by atoms with van der Waals surface area (Å²) in [7, 11) is 1.86. The van der Waals surface area contributed by atoms with Crippen LogP contribution in [0.1, 0.15) is 5.69 Å². The van der Waals surface area contributed by atoms with Gasteiger partial charge in [-0.3, -0.25) is 4.68 Å². The second-order valence-corrected chi connectivity index (χ2v) is 4.28. The lowest BCUT2D eigenvalue weighted by Gasteiger charge is -2.03. The second kappa shape index (κ2) is 4.10. The maximum absolute atomic E-state index is 4.22. The lowest BCUT2D eigenvalue weighted by atomic mass is 10.4. The zero-order valence-corrected chi connectivity index (χ0v) is 9.98. The minimum absolute atomic E-state index is 0.657. The fourth-order valence-electron chi connectivity index (χ4n) is 1.60. The van der Waals surface area contributed by atoms with Gasteiger partial charge in [0.15, 0.2) is 5.65 Å². The van der Waals surface area contributed by atoms with Crippen LogP contribution in [0.2, 0.25) is 0 Å². The van der Waals surface area contributed by atoms with E-state index in [-0.39, 0.29) is 0 Å². The van der Waals surface area contributed by atoms with E-state index in [2.05, 4.69) is 25.4 Å². The lowest BCUT2D eigenvalue weighted by Crippen LogP contribution is -2.02. The van der Waals surface area contributed by atoms with E-state index in [1.54, 1.807) is 22.2 Å². The minimum Gasteiger partial charge on any atom is -0.364 e. The maximum atomic E-state index is 4.22. The van der Waals surface area contributed by atoms with E-state index >= 15 is 0 Å². The van der Waals surface area contributed by atoms with Gasteiger partial charge in [-0.15, -0.1) is 11.3 Å². The number of anilines is 1. The van der Waals surface area contributed by atoms with Crippen molar-refractivity contribution in [2.24, 2.45) is 7.05 Å². The number of rotatable bonds is 3. The van der Waals surface area contributed by atoms with E-state index in [9.17, 15) is 0 Å². The Labute approximate surface area is 101 Å². The Kier molecular flexibility index (Phi) is 2.45. The van der Waals surface area contributed by atoms with E-state index in [0.29, 0.717) is 6.54 Å². The molecule has 86 valence electrons. The van der Waals surface area contributed by atoms with Gasteiger partial charge in [-0.05, 0) is 0 Å². The van der Waals surface area contributed by atoms with Gasteiger partial charge in [-0.25, -0.2) is 15.0 Å². The average Bonchev–Trinajstić information content (AvgIpc) is 2.97. The zero-order chi connectivity index (χ0) is 11.7. The van der Waals surface area contributed by atoms with Crippen LogP contribution < -0.4 is 5.32 Å². The van der Waals surface area contributed by atoms with Crippen molar-refractivity contribution in [1.29, 1.82) is 0 Å². The van der Waals surface area contributed by atoms with Gasteiger partial charge in [0, 0.05) is 12.4 Å². The van der Waals surface area contributed by atoms with E-state index in [0.717, 1.165) is 22.5 Å². The first-order valence-electron chi connectivity index (χ1n) is 5.08. The average molecular weight is 246 g/mol. The van der Waals surface area contributed by atoms with Gasteiger partial charge in [0.2, 0.25) is 0 Å². The molecular weight excluding hydrogens is 236 g/mol. The largest absolute Gasteiger partial charge is 0.364 e. The Bertz CT molecular complexity index is 629. The molecule has 0 spiro atoms. The van der Waals surface area contributed by atoms with Gasteiger partial charge in [-0.2, -0.15) is 5.10 Å². The summed E-state index contributed by atoms with van der Waals surface area (Å²) in [5, 5.41) is 10.3. The van der Waals surface area contributed by atoms with Gasteiger partial charge >= 0.3 is 0 Å².